The summed E-state index contributed by atoms with van der Waals surface area (Å²) in [7, 11) is 0. The van der Waals surface area contributed by atoms with Gasteiger partial charge in [0.15, 0.2) is 5.78 Å². The minimum absolute atomic E-state index is 0.168. The first kappa shape index (κ1) is 16.9. The van der Waals surface area contributed by atoms with E-state index in [2.05, 4.69) is 64.8 Å². The van der Waals surface area contributed by atoms with Gasteiger partial charge in [-0.2, -0.15) is 16.4 Å². The molecule has 3 nitrogen and oxygen atoms in total. The first-order chi connectivity index (χ1) is 13.7. The van der Waals surface area contributed by atoms with E-state index in [0.29, 0.717) is 6.42 Å². The lowest BCUT2D eigenvalue weighted by atomic mass is 9.97. The fourth-order valence-corrected chi connectivity index (χ4v) is 4.27. The molecule has 0 aliphatic rings. The maximum Gasteiger partial charge on any atom is 0.168 e. The van der Waals surface area contributed by atoms with E-state index in [-0.39, 0.29) is 5.78 Å². The molecular formula is C24H18N2OS. The second kappa shape index (κ2) is 6.73. The summed E-state index contributed by atoms with van der Waals surface area (Å²) in [5.74, 6) is 0.168. The molecule has 0 atom stereocenters. The minimum Gasteiger partial charge on any atom is -0.294 e. The van der Waals surface area contributed by atoms with Gasteiger partial charge < -0.3 is 0 Å². The van der Waals surface area contributed by atoms with Gasteiger partial charge in [0.25, 0.3) is 0 Å². The van der Waals surface area contributed by atoms with Crippen molar-refractivity contribution in [3.63, 3.8) is 0 Å². The fourth-order valence-electron chi connectivity index (χ4n) is 3.61. The van der Waals surface area contributed by atoms with Crippen molar-refractivity contribution in [3.8, 4) is 11.1 Å². The van der Waals surface area contributed by atoms with E-state index in [1.165, 1.54) is 16.5 Å². The highest BCUT2D eigenvalue weighted by Gasteiger charge is 2.09. The van der Waals surface area contributed by atoms with Crippen LogP contribution < -0.4 is 0 Å². The van der Waals surface area contributed by atoms with Crippen molar-refractivity contribution in [2.45, 2.75) is 13.3 Å². The number of aromatic nitrogens is 2. The van der Waals surface area contributed by atoms with Crippen LogP contribution in [0.15, 0.2) is 71.4 Å². The van der Waals surface area contributed by atoms with Crippen molar-refractivity contribution in [1.82, 2.24) is 10.2 Å². The third-order valence-corrected chi connectivity index (χ3v) is 5.87. The van der Waals surface area contributed by atoms with E-state index in [9.17, 15) is 4.79 Å². The predicted molar refractivity (Wildman–Crippen MR) is 116 cm³/mol. The number of hydrogen-bond acceptors (Lipinski definition) is 3. The summed E-state index contributed by atoms with van der Waals surface area (Å²) >= 11 is 1.56. The van der Waals surface area contributed by atoms with Crippen molar-refractivity contribution in [1.29, 1.82) is 0 Å². The van der Waals surface area contributed by atoms with Crippen LogP contribution in [0.4, 0.5) is 0 Å². The van der Waals surface area contributed by atoms with Gasteiger partial charge in [-0.25, -0.2) is 0 Å². The first-order valence-corrected chi connectivity index (χ1v) is 10.1. The number of nitrogens with one attached hydrogen (secondary N) is 1. The molecule has 3 aromatic carbocycles. The molecule has 0 aliphatic heterocycles. The molecule has 136 valence electrons. The molecule has 0 fully saturated rings. The molecule has 4 heteroatoms. The number of ketones is 1. The summed E-state index contributed by atoms with van der Waals surface area (Å²) in [6.07, 6.45) is 0.435. The molecule has 0 saturated heterocycles. The highest BCUT2D eigenvalue weighted by Crippen LogP contribution is 2.28. The van der Waals surface area contributed by atoms with Gasteiger partial charge in [0.2, 0.25) is 0 Å². The normalized spacial score (nSPS) is 11.3. The predicted octanol–water partition coefficient (Wildman–Crippen LogP) is 6.18. The van der Waals surface area contributed by atoms with Crippen molar-refractivity contribution >= 4 is 38.8 Å². The number of thiophene rings is 1. The first-order valence-electron chi connectivity index (χ1n) is 9.20. The molecule has 5 aromatic rings. The van der Waals surface area contributed by atoms with Crippen LogP contribution >= 0.6 is 11.3 Å². The molecular weight excluding hydrogens is 364 g/mol. The van der Waals surface area contributed by atoms with Crippen molar-refractivity contribution in [2.75, 3.05) is 0 Å². The maximum absolute atomic E-state index is 12.4. The average molecular weight is 382 g/mol. The zero-order valence-corrected chi connectivity index (χ0v) is 16.2. The van der Waals surface area contributed by atoms with Crippen LogP contribution in [0.1, 0.15) is 21.6 Å². The number of H-pyrrole nitrogens is 1. The third kappa shape index (κ3) is 3.02. The quantitative estimate of drug-likeness (QED) is 0.377. The molecule has 0 unspecified atom stereocenters. The fraction of sp³-hybridized carbons (Fsp3) is 0.0833. The van der Waals surface area contributed by atoms with E-state index in [1.54, 1.807) is 11.3 Å². The molecule has 0 aliphatic carbocycles. The largest absolute Gasteiger partial charge is 0.294 e. The molecule has 0 bridgehead atoms. The van der Waals surface area contributed by atoms with E-state index in [4.69, 9.17) is 0 Å². The Morgan fingerprint density at radius 2 is 1.75 bits per heavy atom. The van der Waals surface area contributed by atoms with Gasteiger partial charge in [0.1, 0.15) is 0 Å². The number of nitrogens with zero attached hydrogens (tertiary/aromatic N) is 1. The SMILES string of the molecule is Cc1[nH]nc2ccc(-c3ccc4cc(CC(=O)c5ccsc5)ccc4c3)cc12. The highest BCUT2D eigenvalue weighted by molar-refractivity contribution is 7.08. The van der Waals surface area contributed by atoms with Crippen molar-refractivity contribution in [3.05, 3.63) is 88.2 Å². The lowest BCUT2D eigenvalue weighted by molar-refractivity contribution is 0.0993. The Morgan fingerprint density at radius 3 is 2.61 bits per heavy atom. The Hall–Kier alpha value is -3.24. The third-order valence-electron chi connectivity index (χ3n) is 5.19. The number of fused-ring (bicyclic) bond motifs is 2. The second-order valence-electron chi connectivity index (χ2n) is 7.09. The molecule has 5 rings (SSSR count). The molecule has 0 saturated carbocycles. The van der Waals surface area contributed by atoms with E-state index < -0.39 is 0 Å². The summed E-state index contributed by atoms with van der Waals surface area (Å²) < 4.78 is 0. The Bertz CT molecular complexity index is 1320. The van der Waals surface area contributed by atoms with Crippen LogP contribution in [0, 0.1) is 6.92 Å². The summed E-state index contributed by atoms with van der Waals surface area (Å²) in [5, 5.41) is 14.7. The molecule has 0 amide bonds. The van der Waals surface area contributed by atoms with Crippen LogP contribution in [-0.4, -0.2) is 16.0 Å². The molecule has 2 aromatic heterocycles. The minimum atomic E-state index is 0.168. The summed E-state index contributed by atoms with van der Waals surface area (Å²) in [4.78, 5) is 12.4. The number of hydrogen-bond donors (Lipinski definition) is 1. The van der Waals surface area contributed by atoms with E-state index in [1.807, 2.05) is 23.8 Å². The number of Topliss-reactive ketones (excluding diaryl/α,β-unsaturated/α-hetero) is 1. The van der Waals surface area contributed by atoms with Gasteiger partial charge in [0.05, 0.1) is 5.52 Å². The Kier molecular flexibility index (Phi) is 4.06. The monoisotopic (exact) mass is 382 g/mol. The van der Waals surface area contributed by atoms with Gasteiger partial charge in [-0.1, -0.05) is 36.4 Å². The zero-order valence-electron chi connectivity index (χ0n) is 15.4. The molecule has 2 heterocycles. The highest BCUT2D eigenvalue weighted by atomic mass is 32.1. The standard InChI is InChI=1S/C24H18N2OS/c1-15-22-13-20(6-7-23(22)26-25-15)19-5-4-17-10-16(2-3-18(17)12-19)11-24(27)21-8-9-28-14-21/h2-10,12-14H,11H2,1H3,(H,25,26). The summed E-state index contributed by atoms with van der Waals surface area (Å²) in [6.45, 7) is 2.04. The van der Waals surface area contributed by atoms with Gasteiger partial charge >= 0.3 is 0 Å². The van der Waals surface area contributed by atoms with Crippen molar-refractivity contribution in [2.24, 2.45) is 0 Å². The van der Waals surface area contributed by atoms with Crippen LogP contribution in [-0.2, 0) is 6.42 Å². The lowest BCUT2D eigenvalue weighted by Gasteiger charge is -2.07. The molecule has 0 radical (unpaired) electrons. The lowest BCUT2D eigenvalue weighted by Crippen LogP contribution is -2.01. The smallest absolute Gasteiger partial charge is 0.168 e. The Morgan fingerprint density at radius 1 is 0.964 bits per heavy atom. The van der Waals surface area contributed by atoms with Gasteiger partial charge in [-0.15, -0.1) is 0 Å². The van der Waals surface area contributed by atoms with Gasteiger partial charge in [-0.05, 0) is 64.0 Å². The number of rotatable bonds is 4. The van der Waals surface area contributed by atoms with Gasteiger partial charge in [0, 0.05) is 28.4 Å². The van der Waals surface area contributed by atoms with Crippen molar-refractivity contribution < 1.29 is 4.79 Å². The topological polar surface area (TPSA) is 45.8 Å². The van der Waals surface area contributed by atoms with Crippen LogP contribution in [0.2, 0.25) is 0 Å². The average Bonchev–Trinajstić information content (AvgIpc) is 3.38. The zero-order chi connectivity index (χ0) is 19.1. The number of aryl methyl sites for hydroxylation is 1. The molecule has 28 heavy (non-hydrogen) atoms. The molecule has 1 N–H and O–H groups in total. The molecule has 0 spiro atoms. The summed E-state index contributed by atoms with van der Waals surface area (Å²) in [6, 6.07) is 21.0. The Labute approximate surface area is 166 Å². The second-order valence-corrected chi connectivity index (χ2v) is 7.87. The summed E-state index contributed by atoms with van der Waals surface area (Å²) in [5.41, 5.74) is 6.27. The van der Waals surface area contributed by atoms with Crippen LogP contribution in [0.5, 0.6) is 0 Å². The van der Waals surface area contributed by atoms with Gasteiger partial charge in [-0.3, -0.25) is 9.89 Å². The van der Waals surface area contributed by atoms with E-state index in [0.717, 1.165) is 33.1 Å². The number of benzene rings is 3. The maximum atomic E-state index is 12.4. The Balaban J connectivity index is 1.47. The van der Waals surface area contributed by atoms with E-state index >= 15 is 0 Å². The number of carbonyl (C=O) groups is 1. The number of aromatic amines is 1. The number of carbonyl (C=O) groups excluding carboxylic acids is 1. The van der Waals surface area contributed by atoms with Crippen LogP contribution in [0.25, 0.3) is 32.8 Å². The van der Waals surface area contributed by atoms with Crippen LogP contribution in [0.3, 0.4) is 0 Å².